The van der Waals surface area contributed by atoms with Crippen molar-refractivity contribution < 1.29 is 18.0 Å². The van der Waals surface area contributed by atoms with Gasteiger partial charge in [0, 0.05) is 41.1 Å². The van der Waals surface area contributed by atoms with Crippen LogP contribution in [-0.2, 0) is 26.2 Å². The molecule has 0 unspecified atom stereocenters. The third kappa shape index (κ3) is 9.67. The summed E-state index contributed by atoms with van der Waals surface area (Å²) >= 11 is 18.3. The number of hydrogen-bond acceptors (Lipinski definition) is 4. The maximum absolute atomic E-state index is 13.5. The first-order valence-electron chi connectivity index (χ1n) is 12.2. The number of unbranched alkanes of at least 4 members (excludes halogenated alkanes) is 1. The molecule has 0 saturated carbocycles. The van der Waals surface area contributed by atoms with Gasteiger partial charge in [-0.3, -0.25) is 13.9 Å². The zero-order valence-electron chi connectivity index (χ0n) is 21.3. The smallest absolute Gasteiger partial charge is 0.242 e. The molecule has 0 bridgehead atoms. The van der Waals surface area contributed by atoms with Crippen molar-refractivity contribution in [3.05, 3.63) is 63.1 Å². The second-order valence-electron chi connectivity index (χ2n) is 8.74. The van der Waals surface area contributed by atoms with E-state index < -0.39 is 16.1 Å². The van der Waals surface area contributed by atoms with E-state index in [1.165, 1.54) is 9.21 Å². The molecule has 2 amide bonds. The zero-order valence-corrected chi connectivity index (χ0v) is 24.4. The Hall–Kier alpha value is -2.00. The average molecular weight is 591 g/mol. The molecule has 2 aromatic carbocycles. The van der Waals surface area contributed by atoms with Gasteiger partial charge in [-0.15, -0.1) is 0 Å². The average Bonchev–Trinajstić information content (AvgIpc) is 2.83. The Kier molecular flexibility index (Phi) is 12.5. The molecule has 0 radical (unpaired) electrons. The van der Waals surface area contributed by atoms with E-state index in [2.05, 4.69) is 5.32 Å². The summed E-state index contributed by atoms with van der Waals surface area (Å²) in [5, 5.41) is 4.28. The molecule has 0 aliphatic rings. The number of sulfonamides is 1. The lowest BCUT2D eigenvalue weighted by atomic mass is 10.1. The van der Waals surface area contributed by atoms with Gasteiger partial charge in [0.2, 0.25) is 21.8 Å². The van der Waals surface area contributed by atoms with Crippen molar-refractivity contribution in [2.45, 2.75) is 58.5 Å². The fourth-order valence-corrected chi connectivity index (χ4v) is 5.43. The normalized spacial score (nSPS) is 12.2. The maximum atomic E-state index is 13.5. The highest BCUT2D eigenvalue weighted by Gasteiger charge is 2.29. The Morgan fingerprint density at radius 1 is 0.973 bits per heavy atom. The minimum absolute atomic E-state index is 0.0452. The number of benzene rings is 2. The highest BCUT2D eigenvalue weighted by atomic mass is 35.5. The fraction of sp³-hybridized carbons (Fsp3) is 0.462. The lowest BCUT2D eigenvalue weighted by Crippen LogP contribution is -2.49. The molecular weight excluding hydrogens is 557 g/mol. The minimum Gasteiger partial charge on any atom is -0.354 e. The summed E-state index contributed by atoms with van der Waals surface area (Å²) in [6.07, 6.45) is 3.60. The molecule has 2 rings (SSSR count). The summed E-state index contributed by atoms with van der Waals surface area (Å²) in [7, 11) is -3.58. The molecule has 0 spiro atoms. The molecule has 7 nitrogen and oxygen atoms in total. The number of halogens is 3. The van der Waals surface area contributed by atoms with E-state index in [4.69, 9.17) is 34.8 Å². The first kappa shape index (κ1) is 31.2. The molecule has 0 fully saturated rings. The van der Waals surface area contributed by atoms with Crippen molar-refractivity contribution >= 4 is 62.3 Å². The Morgan fingerprint density at radius 2 is 1.62 bits per heavy atom. The van der Waals surface area contributed by atoms with Gasteiger partial charge in [0.05, 0.1) is 11.9 Å². The van der Waals surface area contributed by atoms with Gasteiger partial charge in [-0.1, -0.05) is 61.1 Å². The zero-order chi connectivity index (χ0) is 27.6. The molecule has 1 N–H and O–H groups in total. The maximum Gasteiger partial charge on any atom is 0.242 e. The van der Waals surface area contributed by atoms with Crippen molar-refractivity contribution in [2.24, 2.45) is 0 Å². The molecule has 0 aliphatic carbocycles. The van der Waals surface area contributed by atoms with E-state index in [-0.39, 0.29) is 37.7 Å². The van der Waals surface area contributed by atoms with E-state index in [0.717, 1.165) is 19.1 Å². The lowest BCUT2D eigenvalue weighted by molar-refractivity contribution is -0.141. The number of amides is 2. The summed E-state index contributed by atoms with van der Waals surface area (Å²) in [5.74, 6) is -0.499. The summed E-state index contributed by atoms with van der Waals surface area (Å²) in [6.45, 7) is 4.63. The molecule has 204 valence electrons. The molecule has 11 heteroatoms. The van der Waals surface area contributed by atoms with Crippen molar-refractivity contribution in [3.63, 3.8) is 0 Å². The predicted molar refractivity (Wildman–Crippen MR) is 152 cm³/mol. The van der Waals surface area contributed by atoms with E-state index in [1.54, 1.807) is 42.5 Å². The lowest BCUT2D eigenvalue weighted by Gasteiger charge is -2.31. The molecule has 0 saturated heterocycles. The van der Waals surface area contributed by atoms with Crippen LogP contribution in [0.2, 0.25) is 15.1 Å². The highest BCUT2D eigenvalue weighted by molar-refractivity contribution is 7.92. The number of carbonyl (C=O) groups excluding carboxylic acids is 2. The summed E-state index contributed by atoms with van der Waals surface area (Å²) in [6, 6.07) is 10.8. The Balaban J connectivity index is 2.22. The second kappa shape index (κ2) is 14.8. The van der Waals surface area contributed by atoms with Gasteiger partial charge in [0.15, 0.2) is 0 Å². The van der Waals surface area contributed by atoms with Gasteiger partial charge in [-0.25, -0.2) is 8.42 Å². The van der Waals surface area contributed by atoms with Crippen LogP contribution in [0, 0.1) is 0 Å². The Morgan fingerprint density at radius 3 is 2.19 bits per heavy atom. The van der Waals surface area contributed by atoms with Gasteiger partial charge < -0.3 is 10.2 Å². The van der Waals surface area contributed by atoms with Crippen LogP contribution in [0.4, 0.5) is 5.69 Å². The monoisotopic (exact) mass is 589 g/mol. The Labute approximate surface area is 235 Å². The highest BCUT2D eigenvalue weighted by Crippen LogP contribution is 2.25. The van der Waals surface area contributed by atoms with Crippen LogP contribution >= 0.6 is 34.8 Å². The van der Waals surface area contributed by atoms with Crippen LogP contribution in [-0.4, -0.2) is 50.5 Å². The second-order valence-corrected chi connectivity index (χ2v) is 11.9. The third-order valence-corrected chi connectivity index (χ3v) is 7.87. The molecule has 0 aliphatic heterocycles. The van der Waals surface area contributed by atoms with Gasteiger partial charge in [0.1, 0.15) is 6.04 Å². The van der Waals surface area contributed by atoms with E-state index in [0.29, 0.717) is 39.3 Å². The van der Waals surface area contributed by atoms with E-state index in [9.17, 15) is 18.0 Å². The summed E-state index contributed by atoms with van der Waals surface area (Å²) in [5.41, 5.74) is 1.13. The Bertz CT molecular complexity index is 1160. The number of nitrogens with zero attached hydrogens (tertiary/aromatic N) is 2. The quantitative estimate of drug-likeness (QED) is 0.277. The number of hydrogen-bond donors (Lipinski definition) is 1. The van der Waals surface area contributed by atoms with E-state index in [1.807, 2.05) is 13.8 Å². The van der Waals surface area contributed by atoms with Crippen molar-refractivity contribution in [1.29, 1.82) is 0 Å². The van der Waals surface area contributed by atoms with Crippen LogP contribution < -0.4 is 9.62 Å². The minimum atomic E-state index is -3.58. The van der Waals surface area contributed by atoms with Gasteiger partial charge in [-0.05, 0) is 61.2 Å². The topological polar surface area (TPSA) is 86.8 Å². The molecular formula is C26H34Cl3N3O4S. The third-order valence-electron chi connectivity index (χ3n) is 5.84. The summed E-state index contributed by atoms with van der Waals surface area (Å²) in [4.78, 5) is 28.0. The molecule has 37 heavy (non-hydrogen) atoms. The molecule has 2 aromatic rings. The SMILES string of the molecule is CCCCNC(=O)[C@H](CC)N(Cc1ccc(Cl)cc1Cl)C(=O)CCCN(c1ccc(Cl)cc1)S(C)(=O)=O. The van der Waals surface area contributed by atoms with Crippen LogP contribution in [0.15, 0.2) is 42.5 Å². The summed E-state index contributed by atoms with van der Waals surface area (Å²) < 4.78 is 26.1. The van der Waals surface area contributed by atoms with Gasteiger partial charge in [-0.2, -0.15) is 0 Å². The number of carbonyl (C=O) groups is 2. The largest absolute Gasteiger partial charge is 0.354 e. The molecule has 0 heterocycles. The van der Waals surface area contributed by atoms with Crippen molar-refractivity contribution in [2.75, 3.05) is 23.7 Å². The number of nitrogens with one attached hydrogen (secondary N) is 1. The molecule has 0 aromatic heterocycles. The first-order chi connectivity index (χ1) is 17.5. The predicted octanol–water partition coefficient (Wildman–Crippen LogP) is 5.92. The first-order valence-corrected chi connectivity index (χ1v) is 15.2. The number of anilines is 1. The van der Waals surface area contributed by atoms with Crippen LogP contribution in [0.3, 0.4) is 0 Å². The number of rotatable bonds is 14. The van der Waals surface area contributed by atoms with Crippen molar-refractivity contribution in [3.8, 4) is 0 Å². The van der Waals surface area contributed by atoms with Crippen LogP contribution in [0.25, 0.3) is 0 Å². The fourth-order valence-electron chi connectivity index (χ4n) is 3.87. The van der Waals surface area contributed by atoms with Gasteiger partial charge in [0.25, 0.3) is 0 Å². The van der Waals surface area contributed by atoms with Crippen LogP contribution in [0.1, 0.15) is 51.5 Å². The van der Waals surface area contributed by atoms with Crippen LogP contribution in [0.5, 0.6) is 0 Å². The standard InChI is InChI=1S/C26H34Cl3N3O4S/c1-4-6-15-30-26(34)24(5-2)31(18-19-9-10-21(28)17-23(19)29)25(33)8-7-16-32(37(3,35)36)22-13-11-20(27)12-14-22/h9-14,17,24H,4-8,15-16,18H2,1-3H3,(H,30,34)/t24-/m0/s1. The van der Waals surface area contributed by atoms with Crippen molar-refractivity contribution in [1.82, 2.24) is 10.2 Å². The van der Waals surface area contributed by atoms with E-state index >= 15 is 0 Å². The van der Waals surface area contributed by atoms with Gasteiger partial charge >= 0.3 is 0 Å². The molecule has 1 atom stereocenters.